The smallest absolute Gasteiger partial charge is 0.260 e. The van der Waals surface area contributed by atoms with E-state index in [4.69, 9.17) is 9.47 Å². The number of ketones is 1. The molecule has 1 aromatic rings. The van der Waals surface area contributed by atoms with Crippen LogP contribution in [0.4, 0.5) is 0 Å². The lowest BCUT2D eigenvalue weighted by atomic mass is 10.1. The highest BCUT2D eigenvalue weighted by atomic mass is 16.5. The van der Waals surface area contributed by atoms with Gasteiger partial charge in [-0.25, -0.2) is 0 Å². The Balaban J connectivity index is 1.66. The van der Waals surface area contributed by atoms with E-state index < -0.39 is 6.10 Å². The van der Waals surface area contributed by atoms with Crippen LogP contribution in [0.3, 0.4) is 0 Å². The zero-order valence-corrected chi connectivity index (χ0v) is 10.6. The summed E-state index contributed by atoms with van der Waals surface area (Å²) in [6.45, 7) is 1.79. The zero-order chi connectivity index (χ0) is 13.4. The standard InChI is InChI=1S/C14H15NO4/c1-8(14(17)15-9-2-3-9)19-10-4-5-11-12(16)7-18-13(11)6-10/h4-6,8-9H,2-3,7H2,1H3,(H,15,17). The molecular formula is C14H15NO4. The molecule has 1 atom stereocenters. The van der Waals surface area contributed by atoms with Gasteiger partial charge in [0.25, 0.3) is 5.91 Å². The van der Waals surface area contributed by atoms with Gasteiger partial charge in [0.1, 0.15) is 11.5 Å². The quantitative estimate of drug-likeness (QED) is 0.887. The fourth-order valence-corrected chi connectivity index (χ4v) is 1.95. The first-order valence-electron chi connectivity index (χ1n) is 6.40. The van der Waals surface area contributed by atoms with Crippen LogP contribution in [0.2, 0.25) is 0 Å². The van der Waals surface area contributed by atoms with E-state index >= 15 is 0 Å². The van der Waals surface area contributed by atoms with Crippen LogP contribution < -0.4 is 14.8 Å². The fraction of sp³-hybridized carbons (Fsp3) is 0.429. The van der Waals surface area contributed by atoms with Crippen LogP contribution in [0.25, 0.3) is 0 Å². The number of hydrogen-bond donors (Lipinski definition) is 1. The average Bonchev–Trinajstić information content (AvgIpc) is 3.13. The minimum atomic E-state index is -0.559. The summed E-state index contributed by atoms with van der Waals surface area (Å²) in [5, 5.41) is 2.88. The molecule has 19 heavy (non-hydrogen) atoms. The lowest BCUT2D eigenvalue weighted by molar-refractivity contribution is -0.127. The molecule has 0 saturated heterocycles. The SMILES string of the molecule is CC(Oc1ccc2c(c1)OCC2=O)C(=O)NC1CC1. The van der Waals surface area contributed by atoms with Gasteiger partial charge in [-0.1, -0.05) is 0 Å². The molecule has 1 N–H and O–H groups in total. The number of rotatable bonds is 4. The molecule has 0 spiro atoms. The number of carbonyl (C=O) groups is 2. The molecule has 1 heterocycles. The summed E-state index contributed by atoms with van der Waals surface area (Å²) in [4.78, 5) is 23.2. The van der Waals surface area contributed by atoms with Gasteiger partial charge in [-0.15, -0.1) is 0 Å². The van der Waals surface area contributed by atoms with Crippen LogP contribution in [-0.4, -0.2) is 30.4 Å². The second kappa shape index (κ2) is 4.57. The first-order valence-corrected chi connectivity index (χ1v) is 6.40. The highest BCUT2D eigenvalue weighted by molar-refractivity contribution is 6.02. The van der Waals surface area contributed by atoms with E-state index in [1.165, 1.54) is 0 Å². The molecule has 100 valence electrons. The van der Waals surface area contributed by atoms with Crippen molar-refractivity contribution in [2.24, 2.45) is 0 Å². The number of benzene rings is 1. The molecule has 1 saturated carbocycles. The van der Waals surface area contributed by atoms with Crippen LogP contribution in [0.1, 0.15) is 30.1 Å². The maximum atomic E-state index is 11.8. The van der Waals surface area contributed by atoms with Gasteiger partial charge in [0, 0.05) is 12.1 Å². The minimum Gasteiger partial charge on any atom is -0.485 e. The van der Waals surface area contributed by atoms with E-state index in [0.717, 1.165) is 12.8 Å². The average molecular weight is 261 g/mol. The van der Waals surface area contributed by atoms with Crippen molar-refractivity contribution in [3.05, 3.63) is 23.8 Å². The Bertz CT molecular complexity index is 536. The Hall–Kier alpha value is -2.04. The van der Waals surface area contributed by atoms with E-state index in [1.54, 1.807) is 25.1 Å². The van der Waals surface area contributed by atoms with E-state index in [1.807, 2.05) is 0 Å². The first kappa shape index (κ1) is 12.0. The maximum Gasteiger partial charge on any atom is 0.260 e. The van der Waals surface area contributed by atoms with E-state index in [0.29, 0.717) is 23.1 Å². The predicted octanol–water partition coefficient (Wildman–Crippen LogP) is 1.31. The van der Waals surface area contributed by atoms with Crippen molar-refractivity contribution in [2.45, 2.75) is 31.9 Å². The van der Waals surface area contributed by atoms with Crippen molar-refractivity contribution in [3.8, 4) is 11.5 Å². The number of carbonyl (C=O) groups excluding carboxylic acids is 2. The minimum absolute atomic E-state index is 0.0268. The number of fused-ring (bicyclic) bond motifs is 1. The molecule has 2 aliphatic rings. The number of amides is 1. The van der Waals surface area contributed by atoms with Crippen LogP contribution in [-0.2, 0) is 4.79 Å². The maximum absolute atomic E-state index is 11.8. The molecule has 3 rings (SSSR count). The van der Waals surface area contributed by atoms with Crippen molar-refractivity contribution in [1.82, 2.24) is 5.32 Å². The van der Waals surface area contributed by atoms with Crippen molar-refractivity contribution in [1.29, 1.82) is 0 Å². The third-order valence-electron chi connectivity index (χ3n) is 3.22. The topological polar surface area (TPSA) is 64.6 Å². The largest absolute Gasteiger partial charge is 0.485 e. The van der Waals surface area contributed by atoms with Crippen molar-refractivity contribution in [3.63, 3.8) is 0 Å². The van der Waals surface area contributed by atoms with Crippen molar-refractivity contribution >= 4 is 11.7 Å². The van der Waals surface area contributed by atoms with E-state index in [2.05, 4.69) is 5.32 Å². The molecule has 0 bridgehead atoms. The van der Waals surface area contributed by atoms with Crippen LogP contribution in [0.5, 0.6) is 11.5 Å². The second-order valence-electron chi connectivity index (χ2n) is 4.91. The summed E-state index contributed by atoms with van der Waals surface area (Å²) in [6.07, 6.45) is 1.54. The van der Waals surface area contributed by atoms with Crippen LogP contribution in [0.15, 0.2) is 18.2 Å². The normalized spacial score (nSPS) is 18.5. The van der Waals surface area contributed by atoms with Gasteiger partial charge in [0.15, 0.2) is 12.7 Å². The summed E-state index contributed by atoms with van der Waals surface area (Å²) < 4.78 is 10.8. The van der Waals surface area contributed by atoms with Gasteiger partial charge in [-0.2, -0.15) is 0 Å². The Morgan fingerprint density at radius 1 is 1.47 bits per heavy atom. The number of hydrogen-bond acceptors (Lipinski definition) is 4. The highest BCUT2D eigenvalue weighted by Crippen LogP contribution is 2.30. The third kappa shape index (κ3) is 2.54. The summed E-state index contributed by atoms with van der Waals surface area (Å²) >= 11 is 0. The third-order valence-corrected chi connectivity index (χ3v) is 3.22. The molecule has 1 amide bonds. The lowest BCUT2D eigenvalue weighted by Gasteiger charge is -2.14. The van der Waals surface area contributed by atoms with Crippen LogP contribution >= 0.6 is 0 Å². The lowest BCUT2D eigenvalue weighted by Crippen LogP contribution is -2.37. The van der Waals surface area contributed by atoms with Crippen molar-refractivity contribution < 1.29 is 19.1 Å². The predicted molar refractivity (Wildman–Crippen MR) is 67.5 cm³/mol. The Morgan fingerprint density at radius 3 is 3.00 bits per heavy atom. The summed E-state index contributed by atoms with van der Waals surface area (Å²) in [7, 11) is 0. The van der Waals surface area contributed by atoms with Crippen molar-refractivity contribution in [2.75, 3.05) is 6.61 Å². The molecule has 1 aliphatic heterocycles. The van der Waals surface area contributed by atoms with E-state index in [-0.39, 0.29) is 18.3 Å². The second-order valence-corrected chi connectivity index (χ2v) is 4.91. The number of ether oxygens (including phenoxy) is 2. The molecule has 0 radical (unpaired) electrons. The monoisotopic (exact) mass is 261 g/mol. The van der Waals surface area contributed by atoms with Gasteiger partial charge in [0.2, 0.25) is 5.78 Å². The first-order chi connectivity index (χ1) is 9.13. The summed E-state index contributed by atoms with van der Waals surface area (Å²) in [5.41, 5.74) is 0.572. The van der Waals surface area contributed by atoms with E-state index in [9.17, 15) is 9.59 Å². The molecule has 1 fully saturated rings. The molecular weight excluding hydrogens is 246 g/mol. The Morgan fingerprint density at radius 2 is 2.26 bits per heavy atom. The summed E-state index contributed by atoms with van der Waals surface area (Å²) in [6, 6.07) is 5.33. The molecule has 5 heteroatoms. The van der Waals surface area contributed by atoms with Gasteiger partial charge >= 0.3 is 0 Å². The molecule has 0 aromatic heterocycles. The molecule has 1 aromatic carbocycles. The highest BCUT2D eigenvalue weighted by Gasteiger charge is 2.27. The zero-order valence-electron chi connectivity index (χ0n) is 10.6. The summed E-state index contributed by atoms with van der Waals surface area (Å²) in [5.74, 6) is 0.922. The molecule has 1 unspecified atom stereocenters. The number of nitrogens with one attached hydrogen (secondary N) is 1. The van der Waals surface area contributed by atoms with Gasteiger partial charge < -0.3 is 14.8 Å². The molecule has 1 aliphatic carbocycles. The van der Waals surface area contributed by atoms with Gasteiger partial charge in [0.05, 0.1) is 5.56 Å². The Labute approximate surface area is 110 Å². The number of Topliss-reactive ketones (excluding diaryl/α,β-unsaturated/α-hetero) is 1. The fourth-order valence-electron chi connectivity index (χ4n) is 1.95. The Kier molecular flexibility index (Phi) is 2.89. The van der Waals surface area contributed by atoms with Crippen LogP contribution in [0, 0.1) is 0 Å². The molecule has 5 nitrogen and oxygen atoms in total. The van der Waals surface area contributed by atoms with Gasteiger partial charge in [-0.05, 0) is 31.9 Å². The van der Waals surface area contributed by atoms with Gasteiger partial charge in [-0.3, -0.25) is 9.59 Å².